The number of aliphatic hydroxyl groups excluding tert-OH is 1. The first-order chi connectivity index (χ1) is 9.01. The van der Waals surface area contributed by atoms with E-state index in [0.29, 0.717) is 24.3 Å². The molecule has 19 heavy (non-hydrogen) atoms. The lowest BCUT2D eigenvalue weighted by Gasteiger charge is -2.21. The van der Waals surface area contributed by atoms with E-state index in [1.54, 1.807) is 11.0 Å². The molecule has 0 bridgehead atoms. The zero-order valence-corrected chi connectivity index (χ0v) is 11.1. The number of aryl methyl sites for hydroxylation is 1. The van der Waals surface area contributed by atoms with Crippen LogP contribution in [0.2, 0.25) is 0 Å². The molecule has 0 aromatic heterocycles. The summed E-state index contributed by atoms with van der Waals surface area (Å²) < 4.78 is 0. The van der Waals surface area contributed by atoms with Crippen LogP contribution in [0.25, 0.3) is 0 Å². The monoisotopic (exact) mass is 262 g/mol. The molecule has 0 aliphatic carbocycles. The van der Waals surface area contributed by atoms with Crippen molar-refractivity contribution >= 4 is 23.2 Å². The van der Waals surface area contributed by atoms with Crippen molar-refractivity contribution in [2.45, 2.75) is 20.3 Å². The van der Waals surface area contributed by atoms with Crippen LogP contribution >= 0.6 is 0 Å². The zero-order valence-electron chi connectivity index (χ0n) is 11.1. The van der Waals surface area contributed by atoms with E-state index in [0.717, 1.165) is 5.56 Å². The summed E-state index contributed by atoms with van der Waals surface area (Å²) in [5, 5.41) is 11.9. The molecule has 2 N–H and O–H groups in total. The van der Waals surface area contributed by atoms with E-state index in [1.807, 2.05) is 19.1 Å². The number of rotatable bonds is 3. The first kappa shape index (κ1) is 13.5. The summed E-state index contributed by atoms with van der Waals surface area (Å²) in [5.41, 5.74) is 2.35. The van der Waals surface area contributed by atoms with Gasteiger partial charge in [-0.3, -0.25) is 9.59 Å². The highest BCUT2D eigenvalue weighted by atomic mass is 16.3. The number of aliphatic hydroxyl groups is 1. The Kier molecular flexibility index (Phi) is 3.85. The van der Waals surface area contributed by atoms with Crippen molar-refractivity contribution in [3.63, 3.8) is 0 Å². The number of carbonyl (C=O) groups is 2. The molecule has 1 aromatic carbocycles. The van der Waals surface area contributed by atoms with Gasteiger partial charge in [0.2, 0.25) is 11.8 Å². The molecule has 0 saturated carbocycles. The van der Waals surface area contributed by atoms with Crippen LogP contribution in [-0.4, -0.2) is 30.1 Å². The fourth-order valence-electron chi connectivity index (χ4n) is 2.30. The molecular formula is C14H18N2O3. The summed E-state index contributed by atoms with van der Waals surface area (Å²) >= 11 is 0. The van der Waals surface area contributed by atoms with Crippen LogP contribution in [-0.2, 0) is 9.59 Å². The fraction of sp³-hybridized carbons (Fsp3) is 0.429. The molecule has 102 valence electrons. The molecule has 2 rings (SSSR count). The van der Waals surface area contributed by atoms with E-state index in [4.69, 9.17) is 5.11 Å². The van der Waals surface area contributed by atoms with E-state index in [-0.39, 0.29) is 24.3 Å². The van der Waals surface area contributed by atoms with Gasteiger partial charge in [0.1, 0.15) is 0 Å². The molecule has 1 aliphatic heterocycles. The van der Waals surface area contributed by atoms with Crippen molar-refractivity contribution in [1.29, 1.82) is 0 Å². The standard InChI is InChI=1S/C14H18N2O3/c1-9-3-4-12(15-10(2)18)13(5-9)16-7-11(8-17)6-14(16)19/h3-5,11,17H,6-8H2,1-2H3,(H,15,18). The first-order valence-electron chi connectivity index (χ1n) is 6.30. The molecule has 2 amide bonds. The van der Waals surface area contributed by atoms with E-state index in [9.17, 15) is 9.59 Å². The minimum absolute atomic E-state index is 0.00350. The smallest absolute Gasteiger partial charge is 0.227 e. The van der Waals surface area contributed by atoms with Crippen LogP contribution in [0.1, 0.15) is 18.9 Å². The predicted octanol–water partition coefficient (Wildman–Crippen LogP) is 1.30. The maximum Gasteiger partial charge on any atom is 0.227 e. The molecule has 1 atom stereocenters. The van der Waals surface area contributed by atoms with Crippen LogP contribution < -0.4 is 10.2 Å². The number of carbonyl (C=O) groups excluding carboxylic acids is 2. The van der Waals surface area contributed by atoms with Crippen LogP contribution in [0, 0.1) is 12.8 Å². The summed E-state index contributed by atoms with van der Waals surface area (Å²) in [5.74, 6) is -0.218. The summed E-state index contributed by atoms with van der Waals surface area (Å²) in [6.07, 6.45) is 0.351. The second-order valence-electron chi connectivity index (χ2n) is 4.96. The van der Waals surface area contributed by atoms with Crippen molar-refractivity contribution in [1.82, 2.24) is 0 Å². The Hall–Kier alpha value is -1.88. The van der Waals surface area contributed by atoms with Crippen molar-refractivity contribution in [3.8, 4) is 0 Å². The number of hydrogen-bond donors (Lipinski definition) is 2. The molecule has 1 saturated heterocycles. The van der Waals surface area contributed by atoms with Gasteiger partial charge in [-0.2, -0.15) is 0 Å². The third-order valence-electron chi connectivity index (χ3n) is 3.22. The Morgan fingerprint density at radius 3 is 2.84 bits per heavy atom. The number of nitrogens with zero attached hydrogens (tertiary/aromatic N) is 1. The minimum Gasteiger partial charge on any atom is -0.396 e. The Morgan fingerprint density at radius 2 is 2.26 bits per heavy atom. The number of hydrogen-bond acceptors (Lipinski definition) is 3. The molecule has 1 unspecified atom stereocenters. The number of amides is 2. The molecule has 1 aliphatic rings. The number of anilines is 2. The van der Waals surface area contributed by atoms with E-state index < -0.39 is 0 Å². The van der Waals surface area contributed by atoms with Crippen molar-refractivity contribution < 1.29 is 14.7 Å². The van der Waals surface area contributed by atoms with Crippen molar-refractivity contribution in [2.75, 3.05) is 23.4 Å². The number of nitrogens with one attached hydrogen (secondary N) is 1. The van der Waals surface area contributed by atoms with E-state index >= 15 is 0 Å². The Labute approximate surface area is 112 Å². The van der Waals surface area contributed by atoms with Crippen LogP contribution in [0.15, 0.2) is 18.2 Å². The van der Waals surface area contributed by atoms with Gasteiger partial charge < -0.3 is 15.3 Å². The van der Waals surface area contributed by atoms with E-state index in [1.165, 1.54) is 6.92 Å². The summed E-state index contributed by atoms with van der Waals surface area (Å²) in [4.78, 5) is 24.8. The number of benzene rings is 1. The highest BCUT2D eigenvalue weighted by molar-refractivity contribution is 6.02. The SMILES string of the molecule is CC(=O)Nc1ccc(C)cc1N1CC(CO)CC1=O. The first-order valence-corrected chi connectivity index (χ1v) is 6.30. The van der Waals surface area contributed by atoms with Gasteiger partial charge >= 0.3 is 0 Å². The maximum atomic E-state index is 12.0. The Morgan fingerprint density at radius 1 is 1.53 bits per heavy atom. The quantitative estimate of drug-likeness (QED) is 0.862. The molecule has 1 fully saturated rings. The lowest BCUT2D eigenvalue weighted by molar-refractivity contribution is -0.117. The second-order valence-corrected chi connectivity index (χ2v) is 4.96. The van der Waals surface area contributed by atoms with Crippen LogP contribution in [0.3, 0.4) is 0 Å². The van der Waals surface area contributed by atoms with Gasteiger partial charge in [-0.05, 0) is 24.6 Å². The lowest BCUT2D eigenvalue weighted by atomic mass is 10.1. The largest absolute Gasteiger partial charge is 0.396 e. The average molecular weight is 262 g/mol. The normalized spacial score (nSPS) is 18.8. The van der Waals surface area contributed by atoms with E-state index in [2.05, 4.69) is 5.32 Å². The third kappa shape index (κ3) is 2.93. The van der Waals surface area contributed by atoms with Gasteiger partial charge in [-0.25, -0.2) is 0 Å². The van der Waals surface area contributed by atoms with Crippen LogP contribution in [0.5, 0.6) is 0 Å². The molecule has 1 heterocycles. The predicted molar refractivity (Wildman–Crippen MR) is 73.0 cm³/mol. The Bertz CT molecular complexity index is 513. The molecule has 1 aromatic rings. The third-order valence-corrected chi connectivity index (χ3v) is 3.22. The van der Waals surface area contributed by atoms with Gasteiger partial charge in [0.05, 0.1) is 11.4 Å². The van der Waals surface area contributed by atoms with Crippen LogP contribution in [0.4, 0.5) is 11.4 Å². The van der Waals surface area contributed by atoms with Crippen molar-refractivity contribution in [3.05, 3.63) is 23.8 Å². The van der Waals surface area contributed by atoms with Gasteiger partial charge in [-0.15, -0.1) is 0 Å². The Balaban J connectivity index is 2.35. The lowest BCUT2D eigenvalue weighted by Crippen LogP contribution is -2.26. The molecule has 0 radical (unpaired) electrons. The minimum atomic E-state index is -0.171. The molecular weight excluding hydrogens is 244 g/mol. The summed E-state index contributed by atoms with van der Waals surface area (Å²) in [7, 11) is 0. The molecule has 0 spiro atoms. The second kappa shape index (κ2) is 5.40. The average Bonchev–Trinajstić information content (AvgIpc) is 2.72. The zero-order chi connectivity index (χ0) is 14.0. The topological polar surface area (TPSA) is 69.6 Å². The van der Waals surface area contributed by atoms with Gasteiger partial charge in [-0.1, -0.05) is 6.07 Å². The van der Waals surface area contributed by atoms with Gasteiger partial charge in [0, 0.05) is 32.4 Å². The summed E-state index contributed by atoms with van der Waals surface area (Å²) in [6, 6.07) is 5.56. The highest BCUT2D eigenvalue weighted by Crippen LogP contribution is 2.32. The molecule has 5 heteroatoms. The summed E-state index contributed by atoms with van der Waals surface area (Å²) in [6.45, 7) is 3.87. The maximum absolute atomic E-state index is 12.0. The fourth-order valence-corrected chi connectivity index (χ4v) is 2.30. The highest BCUT2D eigenvalue weighted by Gasteiger charge is 2.31. The van der Waals surface area contributed by atoms with Crippen molar-refractivity contribution in [2.24, 2.45) is 5.92 Å². The van der Waals surface area contributed by atoms with Gasteiger partial charge in [0.25, 0.3) is 0 Å². The molecule has 5 nitrogen and oxygen atoms in total. The van der Waals surface area contributed by atoms with Gasteiger partial charge in [0.15, 0.2) is 0 Å².